The number of rotatable bonds is 8. The average Bonchev–Trinajstić information content (AvgIpc) is 2.52. The fourth-order valence-corrected chi connectivity index (χ4v) is 1.47. The van der Waals surface area contributed by atoms with Gasteiger partial charge < -0.3 is 14.8 Å². The maximum Gasteiger partial charge on any atom is 0.330 e. The highest BCUT2D eigenvalue weighted by atomic mass is 16.5. The van der Waals surface area contributed by atoms with Crippen LogP contribution in [0, 0.1) is 0 Å². The van der Waals surface area contributed by atoms with Crippen LogP contribution in [0.1, 0.15) is 26.7 Å². The molecule has 7 heteroatoms. The number of hydrogen-bond donors (Lipinski definition) is 1. The molecule has 0 aliphatic rings. The Morgan fingerprint density at radius 3 is 2.67 bits per heavy atom. The second-order valence-corrected chi connectivity index (χ2v) is 4.29. The largest absolute Gasteiger partial charge is 0.463 e. The Morgan fingerprint density at radius 2 is 1.95 bits per heavy atom. The molecule has 2 rings (SSSR count). The van der Waals surface area contributed by atoms with Crippen LogP contribution in [-0.4, -0.2) is 33.1 Å². The number of nitrogens with zero attached hydrogens (tertiary/aromatic N) is 4. The summed E-state index contributed by atoms with van der Waals surface area (Å²) in [5.74, 6) is 1.00. The summed E-state index contributed by atoms with van der Waals surface area (Å²) in [5, 5.41) is 3.10. The molecule has 0 aromatic carbocycles. The van der Waals surface area contributed by atoms with Crippen LogP contribution in [0.3, 0.4) is 0 Å². The average molecular weight is 289 g/mol. The number of ether oxygens (including phenoxy) is 2. The van der Waals surface area contributed by atoms with Crippen molar-refractivity contribution in [2.24, 2.45) is 0 Å². The Kier molecular flexibility index (Phi) is 5.69. The topological polar surface area (TPSA) is 82.1 Å². The van der Waals surface area contributed by atoms with Gasteiger partial charge in [0.25, 0.3) is 0 Å². The molecule has 0 aliphatic heterocycles. The van der Waals surface area contributed by atoms with Gasteiger partial charge in [-0.2, -0.15) is 9.97 Å². The maximum absolute atomic E-state index is 5.57. The van der Waals surface area contributed by atoms with E-state index in [1.807, 2.05) is 6.92 Å². The highest BCUT2D eigenvalue weighted by Crippen LogP contribution is 2.19. The molecule has 0 radical (unpaired) electrons. The number of pyridine rings is 1. The van der Waals surface area contributed by atoms with Gasteiger partial charge in [-0.1, -0.05) is 13.8 Å². The minimum absolute atomic E-state index is 0.183. The quantitative estimate of drug-likeness (QED) is 0.800. The Bertz CT molecular complexity index is 524. The lowest BCUT2D eigenvalue weighted by molar-refractivity contribution is 0.285. The molecule has 112 valence electrons. The van der Waals surface area contributed by atoms with Gasteiger partial charge in [0.05, 0.1) is 12.8 Å². The second kappa shape index (κ2) is 7.98. The van der Waals surface area contributed by atoms with Crippen molar-refractivity contribution in [2.75, 3.05) is 18.5 Å². The van der Waals surface area contributed by atoms with Crippen LogP contribution < -0.4 is 14.8 Å². The second-order valence-electron chi connectivity index (χ2n) is 4.29. The van der Waals surface area contributed by atoms with Gasteiger partial charge in [-0.3, -0.25) is 4.98 Å². The van der Waals surface area contributed by atoms with Crippen LogP contribution >= 0.6 is 0 Å². The zero-order chi connectivity index (χ0) is 14.9. The summed E-state index contributed by atoms with van der Waals surface area (Å²) in [6, 6.07) is 4.00. The lowest BCUT2D eigenvalue weighted by Gasteiger charge is -2.09. The predicted molar refractivity (Wildman–Crippen MR) is 78.7 cm³/mol. The van der Waals surface area contributed by atoms with Gasteiger partial charge in [-0.05, 0) is 25.0 Å². The lowest BCUT2D eigenvalue weighted by atomic mass is 10.5. The van der Waals surface area contributed by atoms with Crippen molar-refractivity contribution in [3.8, 4) is 17.8 Å². The van der Waals surface area contributed by atoms with Gasteiger partial charge in [0, 0.05) is 12.7 Å². The van der Waals surface area contributed by atoms with E-state index in [9.17, 15) is 0 Å². The Hall–Kier alpha value is -2.44. The van der Waals surface area contributed by atoms with Gasteiger partial charge in [0.1, 0.15) is 5.75 Å². The van der Waals surface area contributed by atoms with Crippen molar-refractivity contribution in [1.29, 1.82) is 0 Å². The summed E-state index contributed by atoms with van der Waals surface area (Å²) in [4.78, 5) is 16.5. The molecule has 0 fully saturated rings. The van der Waals surface area contributed by atoms with E-state index in [1.165, 1.54) is 0 Å². The molecule has 0 unspecified atom stereocenters. The highest BCUT2D eigenvalue weighted by Gasteiger charge is 2.09. The van der Waals surface area contributed by atoms with Crippen LogP contribution in [0.4, 0.5) is 5.95 Å². The maximum atomic E-state index is 5.57. The molecule has 0 bridgehead atoms. The minimum atomic E-state index is 0.183. The van der Waals surface area contributed by atoms with Gasteiger partial charge in [0.15, 0.2) is 0 Å². The third-order valence-corrected chi connectivity index (χ3v) is 2.41. The van der Waals surface area contributed by atoms with Crippen LogP contribution in [0.25, 0.3) is 0 Å². The number of anilines is 1. The first kappa shape index (κ1) is 15.0. The molecule has 2 aromatic rings. The van der Waals surface area contributed by atoms with E-state index >= 15 is 0 Å². The van der Waals surface area contributed by atoms with Crippen LogP contribution in [-0.2, 0) is 0 Å². The summed E-state index contributed by atoms with van der Waals surface area (Å²) in [6.45, 7) is 5.40. The van der Waals surface area contributed by atoms with E-state index in [1.54, 1.807) is 24.5 Å². The molecule has 1 N–H and O–H groups in total. The molecular weight excluding hydrogens is 270 g/mol. The standard InChI is InChI=1S/C14H19N5O2/c1-3-7-16-12-17-13(20-9-4-2)19-14(18-12)21-11-6-5-8-15-10-11/h5-6,8,10H,3-4,7,9H2,1-2H3,(H,16,17,18,19). The molecule has 21 heavy (non-hydrogen) atoms. The minimum Gasteiger partial charge on any atom is -0.463 e. The van der Waals surface area contributed by atoms with E-state index in [-0.39, 0.29) is 12.0 Å². The molecule has 0 spiro atoms. The Morgan fingerprint density at radius 1 is 1.10 bits per heavy atom. The van der Waals surface area contributed by atoms with Crippen LogP contribution in [0.5, 0.6) is 17.8 Å². The molecule has 2 aromatic heterocycles. The zero-order valence-electron chi connectivity index (χ0n) is 12.2. The van der Waals surface area contributed by atoms with Crippen molar-refractivity contribution >= 4 is 5.95 Å². The van der Waals surface area contributed by atoms with E-state index in [2.05, 4.69) is 32.2 Å². The van der Waals surface area contributed by atoms with E-state index in [0.29, 0.717) is 18.3 Å². The smallest absolute Gasteiger partial charge is 0.330 e. The third kappa shape index (κ3) is 4.87. The fraction of sp³-hybridized carbons (Fsp3) is 0.429. The van der Waals surface area contributed by atoms with Crippen molar-refractivity contribution in [3.05, 3.63) is 24.5 Å². The predicted octanol–water partition coefficient (Wildman–Crippen LogP) is 2.67. The first-order chi connectivity index (χ1) is 10.3. The Balaban J connectivity index is 2.17. The summed E-state index contributed by atoms with van der Waals surface area (Å²) < 4.78 is 11.0. The Labute approximate surface area is 123 Å². The molecule has 0 aliphatic carbocycles. The van der Waals surface area contributed by atoms with Crippen LogP contribution in [0.2, 0.25) is 0 Å². The summed E-state index contributed by atoms with van der Waals surface area (Å²) >= 11 is 0. The van der Waals surface area contributed by atoms with E-state index in [0.717, 1.165) is 19.4 Å². The molecule has 0 amide bonds. The van der Waals surface area contributed by atoms with E-state index in [4.69, 9.17) is 9.47 Å². The third-order valence-electron chi connectivity index (χ3n) is 2.41. The highest BCUT2D eigenvalue weighted by molar-refractivity contribution is 5.29. The molecule has 0 atom stereocenters. The fourth-order valence-electron chi connectivity index (χ4n) is 1.47. The SMILES string of the molecule is CCCNc1nc(OCCC)nc(Oc2cccnc2)n1. The number of aromatic nitrogens is 4. The first-order valence-electron chi connectivity index (χ1n) is 7.02. The van der Waals surface area contributed by atoms with Crippen molar-refractivity contribution < 1.29 is 9.47 Å². The van der Waals surface area contributed by atoms with Gasteiger partial charge in [-0.25, -0.2) is 0 Å². The lowest BCUT2D eigenvalue weighted by Crippen LogP contribution is -2.09. The zero-order valence-corrected chi connectivity index (χ0v) is 12.2. The van der Waals surface area contributed by atoms with Crippen molar-refractivity contribution in [3.63, 3.8) is 0 Å². The molecule has 2 heterocycles. The van der Waals surface area contributed by atoms with Crippen molar-refractivity contribution in [1.82, 2.24) is 19.9 Å². The van der Waals surface area contributed by atoms with Gasteiger partial charge >= 0.3 is 12.0 Å². The van der Waals surface area contributed by atoms with Crippen LogP contribution in [0.15, 0.2) is 24.5 Å². The van der Waals surface area contributed by atoms with Gasteiger partial charge in [0.2, 0.25) is 5.95 Å². The van der Waals surface area contributed by atoms with Crippen molar-refractivity contribution in [2.45, 2.75) is 26.7 Å². The molecule has 0 saturated carbocycles. The number of nitrogens with one attached hydrogen (secondary N) is 1. The summed E-state index contributed by atoms with van der Waals surface area (Å²) in [6.07, 6.45) is 5.11. The summed E-state index contributed by atoms with van der Waals surface area (Å²) in [5.41, 5.74) is 0. The first-order valence-corrected chi connectivity index (χ1v) is 7.02. The van der Waals surface area contributed by atoms with Gasteiger partial charge in [-0.15, -0.1) is 4.98 Å². The monoisotopic (exact) mass is 289 g/mol. The molecule has 0 saturated heterocycles. The summed E-state index contributed by atoms with van der Waals surface area (Å²) in [7, 11) is 0. The molecular formula is C14H19N5O2. The molecule has 7 nitrogen and oxygen atoms in total. The number of hydrogen-bond acceptors (Lipinski definition) is 7. The van der Waals surface area contributed by atoms with E-state index < -0.39 is 0 Å². The normalized spacial score (nSPS) is 10.2.